The van der Waals surface area contributed by atoms with E-state index in [0.717, 1.165) is 0 Å². The summed E-state index contributed by atoms with van der Waals surface area (Å²) in [7, 11) is 0. The van der Waals surface area contributed by atoms with E-state index in [2.05, 4.69) is 6.92 Å². The fraction of sp³-hybridized carbons (Fsp3) is 0.786. The van der Waals surface area contributed by atoms with E-state index in [1.54, 1.807) is 6.08 Å². The van der Waals surface area contributed by atoms with E-state index in [1.165, 1.54) is 25.7 Å². The third-order valence-electron chi connectivity index (χ3n) is 3.06. The molecule has 0 unspecified atom stereocenters. The lowest BCUT2D eigenvalue weighted by Crippen LogP contribution is -2.23. The van der Waals surface area contributed by atoms with E-state index < -0.39 is 0 Å². The van der Waals surface area contributed by atoms with Gasteiger partial charge in [0.05, 0.1) is 0 Å². The summed E-state index contributed by atoms with van der Waals surface area (Å²) in [5.74, 6) is 1.04. The molecule has 1 rings (SSSR count). The molecule has 92 valence electrons. The molecule has 0 aromatic rings. The predicted octanol–water partition coefficient (Wildman–Crippen LogP) is 3.71. The van der Waals surface area contributed by atoms with Crippen molar-refractivity contribution in [2.75, 3.05) is 0 Å². The van der Waals surface area contributed by atoms with E-state index in [1.807, 2.05) is 26.8 Å². The molecule has 0 heterocycles. The fourth-order valence-corrected chi connectivity index (χ4v) is 2.17. The first-order chi connectivity index (χ1) is 7.38. The minimum atomic E-state index is -0.389. The number of hydrogen-bond acceptors (Lipinski definition) is 2. The van der Waals surface area contributed by atoms with Crippen LogP contribution in [0.4, 0.5) is 0 Å². The smallest absolute Gasteiger partial charge is 0.330 e. The van der Waals surface area contributed by atoms with Crippen molar-refractivity contribution in [3.63, 3.8) is 0 Å². The SMILES string of the molecule is C[C@H]1CCCC[C@@H]1/C=C/C(=O)OC(C)(C)C. The maximum Gasteiger partial charge on any atom is 0.330 e. The van der Waals surface area contributed by atoms with Crippen molar-refractivity contribution in [1.82, 2.24) is 0 Å². The average Bonchev–Trinajstić information content (AvgIpc) is 2.14. The van der Waals surface area contributed by atoms with Gasteiger partial charge in [-0.15, -0.1) is 0 Å². The standard InChI is InChI=1S/C14H24O2/c1-11-7-5-6-8-12(11)9-10-13(15)16-14(2,3)4/h9-12H,5-8H2,1-4H3/b10-9+/t11-,12+/m0/s1. The van der Waals surface area contributed by atoms with E-state index in [9.17, 15) is 4.79 Å². The molecule has 0 saturated heterocycles. The van der Waals surface area contributed by atoms with Gasteiger partial charge in [-0.25, -0.2) is 4.79 Å². The van der Waals surface area contributed by atoms with Crippen LogP contribution in [0.1, 0.15) is 53.4 Å². The van der Waals surface area contributed by atoms with Gasteiger partial charge < -0.3 is 4.74 Å². The maximum atomic E-state index is 11.5. The summed E-state index contributed by atoms with van der Waals surface area (Å²) in [5, 5.41) is 0. The molecule has 1 aliphatic carbocycles. The molecular weight excluding hydrogens is 200 g/mol. The number of hydrogen-bond donors (Lipinski definition) is 0. The first-order valence-electron chi connectivity index (χ1n) is 6.29. The molecule has 0 amide bonds. The van der Waals surface area contributed by atoms with Gasteiger partial charge in [0.2, 0.25) is 0 Å². The Morgan fingerprint density at radius 1 is 1.25 bits per heavy atom. The van der Waals surface area contributed by atoms with Gasteiger partial charge in [-0.1, -0.05) is 32.3 Å². The monoisotopic (exact) mass is 224 g/mol. The number of esters is 1. The third kappa shape index (κ3) is 4.82. The Hall–Kier alpha value is -0.790. The molecule has 0 radical (unpaired) electrons. The van der Waals surface area contributed by atoms with E-state index in [-0.39, 0.29) is 11.6 Å². The number of allylic oxidation sites excluding steroid dienone is 1. The Morgan fingerprint density at radius 2 is 1.88 bits per heavy atom. The summed E-state index contributed by atoms with van der Waals surface area (Å²) in [6.45, 7) is 7.94. The predicted molar refractivity (Wildman–Crippen MR) is 66.1 cm³/mol. The highest BCUT2D eigenvalue weighted by Gasteiger charge is 2.19. The van der Waals surface area contributed by atoms with Crippen LogP contribution in [-0.2, 0) is 9.53 Å². The number of carbonyl (C=O) groups excluding carboxylic acids is 1. The molecular formula is C14H24O2. The molecule has 1 aliphatic rings. The average molecular weight is 224 g/mol. The molecule has 16 heavy (non-hydrogen) atoms. The third-order valence-corrected chi connectivity index (χ3v) is 3.06. The van der Waals surface area contributed by atoms with Crippen molar-refractivity contribution < 1.29 is 9.53 Å². The Balaban J connectivity index is 2.43. The van der Waals surface area contributed by atoms with Crippen LogP contribution >= 0.6 is 0 Å². The fourth-order valence-electron chi connectivity index (χ4n) is 2.17. The summed E-state index contributed by atoms with van der Waals surface area (Å²) >= 11 is 0. The van der Waals surface area contributed by atoms with Crippen LogP contribution in [0.3, 0.4) is 0 Å². The second kappa shape index (κ2) is 5.51. The minimum Gasteiger partial charge on any atom is -0.457 e. The largest absolute Gasteiger partial charge is 0.457 e. The van der Waals surface area contributed by atoms with Crippen LogP contribution in [-0.4, -0.2) is 11.6 Å². The van der Waals surface area contributed by atoms with Gasteiger partial charge in [-0.3, -0.25) is 0 Å². The summed E-state index contributed by atoms with van der Waals surface area (Å²) in [4.78, 5) is 11.5. The highest BCUT2D eigenvalue weighted by Crippen LogP contribution is 2.30. The van der Waals surface area contributed by atoms with Crippen LogP contribution in [0, 0.1) is 11.8 Å². The van der Waals surface area contributed by atoms with E-state index in [4.69, 9.17) is 4.74 Å². The van der Waals surface area contributed by atoms with Gasteiger partial charge >= 0.3 is 5.97 Å². The van der Waals surface area contributed by atoms with Crippen molar-refractivity contribution >= 4 is 5.97 Å². The Morgan fingerprint density at radius 3 is 2.44 bits per heavy atom. The van der Waals surface area contributed by atoms with Gasteiger partial charge in [0.15, 0.2) is 0 Å². The second-order valence-electron chi connectivity index (χ2n) is 5.82. The molecule has 1 fully saturated rings. The van der Waals surface area contributed by atoms with Crippen LogP contribution in [0.2, 0.25) is 0 Å². The molecule has 2 nitrogen and oxygen atoms in total. The molecule has 0 N–H and O–H groups in total. The van der Waals surface area contributed by atoms with Gasteiger partial charge in [0, 0.05) is 6.08 Å². The molecule has 2 heteroatoms. The summed E-state index contributed by atoms with van der Waals surface area (Å²) in [6.07, 6.45) is 8.75. The Labute approximate surface area is 99.1 Å². The molecule has 0 aliphatic heterocycles. The molecule has 2 atom stereocenters. The van der Waals surface area contributed by atoms with Crippen LogP contribution < -0.4 is 0 Å². The van der Waals surface area contributed by atoms with Crippen LogP contribution in [0.5, 0.6) is 0 Å². The normalized spacial score (nSPS) is 27.0. The van der Waals surface area contributed by atoms with E-state index in [0.29, 0.717) is 11.8 Å². The number of carbonyl (C=O) groups is 1. The first-order valence-corrected chi connectivity index (χ1v) is 6.29. The molecule has 0 aromatic carbocycles. The number of rotatable bonds is 2. The summed E-state index contributed by atoms with van der Waals surface area (Å²) in [6, 6.07) is 0. The zero-order valence-electron chi connectivity index (χ0n) is 11.0. The van der Waals surface area contributed by atoms with Gasteiger partial charge in [-0.2, -0.15) is 0 Å². The maximum absolute atomic E-state index is 11.5. The van der Waals surface area contributed by atoms with Gasteiger partial charge in [-0.05, 0) is 39.0 Å². The first kappa shape index (κ1) is 13.3. The van der Waals surface area contributed by atoms with Crippen molar-refractivity contribution in [2.24, 2.45) is 11.8 Å². The van der Waals surface area contributed by atoms with Crippen molar-refractivity contribution in [3.8, 4) is 0 Å². The molecule has 1 saturated carbocycles. The summed E-state index contributed by atoms with van der Waals surface area (Å²) in [5.41, 5.74) is -0.389. The molecule has 0 bridgehead atoms. The molecule has 0 spiro atoms. The minimum absolute atomic E-state index is 0.217. The van der Waals surface area contributed by atoms with Crippen molar-refractivity contribution in [2.45, 2.75) is 59.0 Å². The van der Waals surface area contributed by atoms with Gasteiger partial charge in [0.1, 0.15) is 5.60 Å². The lowest BCUT2D eigenvalue weighted by molar-refractivity contribution is -0.148. The lowest BCUT2D eigenvalue weighted by atomic mass is 9.80. The Bertz CT molecular complexity index is 260. The molecule has 0 aromatic heterocycles. The zero-order valence-corrected chi connectivity index (χ0v) is 11.0. The zero-order chi connectivity index (χ0) is 12.2. The summed E-state index contributed by atoms with van der Waals surface area (Å²) < 4.78 is 5.24. The van der Waals surface area contributed by atoms with Crippen molar-refractivity contribution in [3.05, 3.63) is 12.2 Å². The lowest BCUT2D eigenvalue weighted by Gasteiger charge is -2.26. The van der Waals surface area contributed by atoms with E-state index >= 15 is 0 Å². The second-order valence-corrected chi connectivity index (χ2v) is 5.82. The topological polar surface area (TPSA) is 26.3 Å². The van der Waals surface area contributed by atoms with Crippen LogP contribution in [0.15, 0.2) is 12.2 Å². The highest BCUT2D eigenvalue weighted by molar-refractivity contribution is 5.82. The van der Waals surface area contributed by atoms with Gasteiger partial charge in [0.25, 0.3) is 0 Å². The van der Waals surface area contributed by atoms with Crippen molar-refractivity contribution in [1.29, 1.82) is 0 Å². The quantitative estimate of drug-likeness (QED) is 0.528. The van der Waals surface area contributed by atoms with Crippen LogP contribution in [0.25, 0.3) is 0 Å². The number of ether oxygens (including phenoxy) is 1. The Kier molecular flexibility index (Phi) is 4.57. The highest BCUT2D eigenvalue weighted by atomic mass is 16.6.